The lowest BCUT2D eigenvalue weighted by molar-refractivity contribution is 0.0315. The largest absolute Gasteiger partial charge is 0.377 e. The molecule has 0 N–H and O–H groups in total. The van der Waals surface area contributed by atoms with E-state index < -0.39 is 0 Å². The molecule has 0 spiro atoms. The van der Waals surface area contributed by atoms with Crippen LogP contribution in [0.15, 0.2) is 9.95 Å². The highest BCUT2D eigenvalue weighted by Crippen LogP contribution is 2.35. The molecule has 0 amide bonds. The van der Waals surface area contributed by atoms with E-state index in [0.717, 1.165) is 72.9 Å². The summed E-state index contributed by atoms with van der Waals surface area (Å²) in [5, 5.41) is 1.73. The summed E-state index contributed by atoms with van der Waals surface area (Å²) in [5.74, 6) is 0.870. The lowest BCUT2D eigenvalue weighted by Gasteiger charge is -2.23. The number of thioether (sulfide) groups is 1. The van der Waals surface area contributed by atoms with Gasteiger partial charge in [-0.05, 0) is 63.4 Å². The van der Waals surface area contributed by atoms with Crippen LogP contribution in [-0.2, 0) is 28.9 Å². The van der Waals surface area contributed by atoms with Crippen molar-refractivity contribution in [2.75, 3.05) is 19.0 Å². The number of aryl methyl sites for hydroxylation is 2. The predicted octanol–water partition coefficient (Wildman–Crippen LogP) is 4.18. The van der Waals surface area contributed by atoms with Gasteiger partial charge in [0, 0.05) is 23.8 Å². The second-order valence-corrected chi connectivity index (χ2v) is 10.2. The van der Waals surface area contributed by atoms with Crippen LogP contribution in [0.2, 0.25) is 0 Å². The minimum atomic E-state index is 0.136. The zero-order valence-corrected chi connectivity index (χ0v) is 17.9. The van der Waals surface area contributed by atoms with E-state index in [4.69, 9.17) is 14.5 Å². The molecule has 5 nitrogen and oxygen atoms in total. The summed E-state index contributed by atoms with van der Waals surface area (Å²) in [6.07, 6.45) is 10.6. The lowest BCUT2D eigenvalue weighted by Crippen LogP contribution is -2.29. The molecular weight excluding hydrogens is 392 g/mol. The van der Waals surface area contributed by atoms with E-state index in [1.807, 2.05) is 4.57 Å². The summed E-state index contributed by atoms with van der Waals surface area (Å²) >= 11 is 3.43. The number of fused-ring (bicyclic) bond motifs is 3. The first-order valence-corrected chi connectivity index (χ1v) is 12.5. The molecule has 28 heavy (non-hydrogen) atoms. The van der Waals surface area contributed by atoms with E-state index in [0.29, 0.717) is 6.54 Å². The van der Waals surface area contributed by atoms with E-state index in [2.05, 4.69) is 0 Å². The van der Waals surface area contributed by atoms with Gasteiger partial charge in [-0.25, -0.2) is 4.98 Å². The molecule has 4 heterocycles. The first kappa shape index (κ1) is 19.1. The van der Waals surface area contributed by atoms with Crippen molar-refractivity contribution < 1.29 is 9.47 Å². The van der Waals surface area contributed by atoms with Crippen molar-refractivity contribution in [2.45, 2.75) is 81.7 Å². The van der Waals surface area contributed by atoms with Crippen LogP contribution in [-0.4, -0.2) is 40.7 Å². The van der Waals surface area contributed by atoms with E-state index in [9.17, 15) is 4.79 Å². The van der Waals surface area contributed by atoms with Crippen molar-refractivity contribution in [1.82, 2.24) is 9.55 Å². The number of hydrogen-bond acceptors (Lipinski definition) is 6. The summed E-state index contributed by atoms with van der Waals surface area (Å²) in [7, 11) is 0. The van der Waals surface area contributed by atoms with Gasteiger partial charge in [-0.1, -0.05) is 11.8 Å². The fourth-order valence-corrected chi connectivity index (χ4v) is 6.97. The van der Waals surface area contributed by atoms with Crippen molar-refractivity contribution >= 4 is 33.3 Å². The van der Waals surface area contributed by atoms with Crippen LogP contribution >= 0.6 is 23.1 Å². The van der Waals surface area contributed by atoms with Gasteiger partial charge in [-0.2, -0.15) is 0 Å². The normalized spacial score (nSPS) is 25.3. The van der Waals surface area contributed by atoms with Gasteiger partial charge in [0.2, 0.25) is 0 Å². The standard InChI is InChI=1S/C21H28N2O3S2/c24-20-18-16-8-1-2-9-17(16)28-19(18)22-21(23(20)12-14-7-5-11-25-14)27-13-15-6-3-4-10-26-15/h14-15H,1-13H2/t14-,15-/m1/s1. The number of ether oxygens (including phenoxy) is 2. The highest BCUT2D eigenvalue weighted by Gasteiger charge is 2.25. The Labute approximate surface area is 173 Å². The fraction of sp³-hybridized carbons (Fsp3) is 0.714. The van der Waals surface area contributed by atoms with Gasteiger partial charge in [0.15, 0.2) is 5.16 Å². The van der Waals surface area contributed by atoms with Gasteiger partial charge in [-0.3, -0.25) is 9.36 Å². The maximum absolute atomic E-state index is 13.6. The van der Waals surface area contributed by atoms with E-state index in [1.165, 1.54) is 29.7 Å². The summed E-state index contributed by atoms with van der Waals surface area (Å²) in [6, 6.07) is 0. The number of hydrogen-bond donors (Lipinski definition) is 0. The maximum atomic E-state index is 13.6. The highest BCUT2D eigenvalue weighted by molar-refractivity contribution is 7.99. The molecule has 0 bridgehead atoms. The summed E-state index contributed by atoms with van der Waals surface area (Å²) < 4.78 is 13.7. The first-order chi connectivity index (χ1) is 13.8. The summed E-state index contributed by atoms with van der Waals surface area (Å²) in [5.41, 5.74) is 1.42. The molecule has 2 aromatic heterocycles. The minimum absolute atomic E-state index is 0.136. The molecule has 2 saturated heterocycles. The van der Waals surface area contributed by atoms with Crippen molar-refractivity contribution in [2.24, 2.45) is 0 Å². The zero-order chi connectivity index (χ0) is 18.9. The number of rotatable bonds is 5. The van der Waals surface area contributed by atoms with Crippen LogP contribution in [0.25, 0.3) is 10.2 Å². The van der Waals surface area contributed by atoms with Crippen LogP contribution in [0.3, 0.4) is 0 Å². The third-order valence-electron chi connectivity index (χ3n) is 6.12. The second-order valence-electron chi connectivity index (χ2n) is 8.14. The van der Waals surface area contributed by atoms with Crippen LogP contribution in [0.4, 0.5) is 0 Å². The molecular formula is C21H28N2O3S2. The van der Waals surface area contributed by atoms with E-state index in [1.54, 1.807) is 23.1 Å². The SMILES string of the molecule is O=c1c2c3c(sc2nc(SC[C@H]2CCCCO2)n1C[C@H]1CCCO1)CCCC3. The number of thiophene rings is 1. The van der Waals surface area contributed by atoms with Crippen LogP contribution in [0.5, 0.6) is 0 Å². The third kappa shape index (κ3) is 3.78. The van der Waals surface area contributed by atoms with Gasteiger partial charge < -0.3 is 9.47 Å². The van der Waals surface area contributed by atoms with Gasteiger partial charge in [-0.15, -0.1) is 11.3 Å². The average molecular weight is 421 g/mol. The molecule has 3 aliphatic rings. The first-order valence-electron chi connectivity index (χ1n) is 10.7. The summed E-state index contributed by atoms with van der Waals surface area (Å²) in [4.78, 5) is 20.9. The molecule has 7 heteroatoms. The van der Waals surface area contributed by atoms with Gasteiger partial charge >= 0.3 is 0 Å². The Morgan fingerprint density at radius 3 is 2.68 bits per heavy atom. The molecule has 0 unspecified atom stereocenters. The second kappa shape index (κ2) is 8.46. The summed E-state index contributed by atoms with van der Waals surface area (Å²) in [6.45, 7) is 2.29. The Morgan fingerprint density at radius 2 is 1.86 bits per heavy atom. The molecule has 0 aromatic carbocycles. The topological polar surface area (TPSA) is 53.3 Å². The Kier molecular flexibility index (Phi) is 5.77. The monoisotopic (exact) mass is 420 g/mol. The van der Waals surface area contributed by atoms with Gasteiger partial charge in [0.05, 0.1) is 24.1 Å². The number of nitrogens with zero attached hydrogens (tertiary/aromatic N) is 2. The maximum Gasteiger partial charge on any atom is 0.263 e. The Morgan fingerprint density at radius 1 is 1.04 bits per heavy atom. The molecule has 152 valence electrons. The fourth-order valence-electron chi connectivity index (χ4n) is 4.59. The molecule has 2 aliphatic heterocycles. The van der Waals surface area contributed by atoms with E-state index in [-0.39, 0.29) is 17.8 Å². The van der Waals surface area contributed by atoms with Gasteiger partial charge in [0.25, 0.3) is 5.56 Å². The lowest BCUT2D eigenvalue weighted by atomic mass is 9.97. The van der Waals surface area contributed by atoms with Crippen molar-refractivity contribution in [3.63, 3.8) is 0 Å². The smallest absolute Gasteiger partial charge is 0.263 e. The van der Waals surface area contributed by atoms with Crippen LogP contribution in [0, 0.1) is 0 Å². The molecule has 2 atom stereocenters. The van der Waals surface area contributed by atoms with E-state index >= 15 is 0 Å². The predicted molar refractivity (Wildman–Crippen MR) is 114 cm³/mol. The Hall–Kier alpha value is -0.890. The zero-order valence-electron chi connectivity index (χ0n) is 16.3. The van der Waals surface area contributed by atoms with Crippen molar-refractivity contribution in [3.8, 4) is 0 Å². The van der Waals surface area contributed by atoms with Gasteiger partial charge in [0.1, 0.15) is 4.83 Å². The molecule has 2 aromatic rings. The average Bonchev–Trinajstić information content (AvgIpc) is 3.37. The van der Waals surface area contributed by atoms with Crippen LogP contribution < -0.4 is 5.56 Å². The third-order valence-corrected chi connectivity index (χ3v) is 8.42. The van der Waals surface area contributed by atoms with Crippen molar-refractivity contribution in [3.05, 3.63) is 20.8 Å². The quantitative estimate of drug-likeness (QED) is 0.537. The van der Waals surface area contributed by atoms with Crippen LogP contribution in [0.1, 0.15) is 55.4 Å². The molecule has 1 aliphatic carbocycles. The molecule has 0 radical (unpaired) electrons. The Balaban J connectivity index is 1.50. The number of aromatic nitrogens is 2. The molecule has 0 saturated carbocycles. The highest BCUT2D eigenvalue weighted by atomic mass is 32.2. The molecule has 2 fully saturated rings. The molecule has 5 rings (SSSR count). The van der Waals surface area contributed by atoms with Crippen molar-refractivity contribution in [1.29, 1.82) is 0 Å². The minimum Gasteiger partial charge on any atom is -0.377 e. The Bertz CT molecular complexity index is 895.